The van der Waals surface area contributed by atoms with Gasteiger partial charge in [0.15, 0.2) is 17.0 Å². The molecule has 3 aliphatic carbocycles. The number of amides is 1. The molecule has 3 fully saturated rings. The molecule has 2 heterocycles. The van der Waals surface area contributed by atoms with Crippen molar-refractivity contribution in [2.24, 2.45) is 17.3 Å². The van der Waals surface area contributed by atoms with E-state index in [0.717, 1.165) is 12.0 Å². The summed E-state index contributed by atoms with van der Waals surface area (Å²) < 4.78 is 1.82. The number of benzene rings is 2. The maximum absolute atomic E-state index is 12.7. The van der Waals surface area contributed by atoms with Gasteiger partial charge in [0.25, 0.3) is 0 Å². The smallest absolute Gasteiger partial charge is 0.228 e. The lowest BCUT2D eigenvalue weighted by Gasteiger charge is -2.35. The Balaban J connectivity index is 1.27. The molecule has 41 heavy (non-hydrogen) atoms. The van der Waals surface area contributed by atoms with Gasteiger partial charge in [-0.2, -0.15) is 0 Å². The molecule has 2 aromatic heterocycles. The van der Waals surface area contributed by atoms with Crippen molar-refractivity contribution in [2.45, 2.75) is 50.0 Å². The number of anilines is 1. The van der Waals surface area contributed by atoms with Gasteiger partial charge in [-0.3, -0.25) is 4.79 Å². The molecule has 208 valence electrons. The van der Waals surface area contributed by atoms with E-state index in [4.69, 9.17) is 9.97 Å². The number of fused-ring (bicyclic) bond motifs is 2. The second kappa shape index (κ2) is 9.13. The molecule has 7 rings (SSSR count). The van der Waals surface area contributed by atoms with E-state index in [1.54, 1.807) is 20.3 Å². The summed E-state index contributed by atoms with van der Waals surface area (Å²) in [7, 11) is 1.55. The van der Waals surface area contributed by atoms with E-state index in [9.17, 15) is 15.0 Å². The number of aliphatic hydroxyl groups is 2. The second-order valence-corrected chi connectivity index (χ2v) is 11.8. The molecule has 8 atom stereocenters. The number of aromatic nitrogens is 4. The van der Waals surface area contributed by atoms with Crippen molar-refractivity contribution in [2.75, 3.05) is 12.4 Å². The second-order valence-electron chi connectivity index (χ2n) is 11.8. The van der Waals surface area contributed by atoms with Gasteiger partial charge in [-0.1, -0.05) is 61.4 Å². The third kappa shape index (κ3) is 3.78. The standard InChI is InChI=1S/C32H32N6O3/c1-18-24-26(32(24,41)29(39)31(18,2)30(40)33-3)38-17-34-25-27(35-22-16-21(22)20-12-8-5-9-13-20)36-23(37-28(25)38)15-14-19-10-6-4-7-11-19/h4-13,17-18,21-22,24,26,29,39,41H,16H2,1-3H3,(H,33,40)(H,35,36,37)/t18-,21?,22-,24+,26?,29-,31?,32-/m1/s1. The summed E-state index contributed by atoms with van der Waals surface area (Å²) in [6.45, 7) is 3.63. The number of hydrogen-bond acceptors (Lipinski definition) is 7. The van der Waals surface area contributed by atoms with Crippen molar-refractivity contribution in [3.05, 3.63) is 83.9 Å². The zero-order valence-electron chi connectivity index (χ0n) is 23.1. The number of hydrogen-bond donors (Lipinski definition) is 4. The van der Waals surface area contributed by atoms with E-state index in [1.807, 2.05) is 60.0 Å². The van der Waals surface area contributed by atoms with E-state index < -0.39 is 23.2 Å². The Bertz CT molecular complexity index is 1710. The predicted octanol–water partition coefficient (Wildman–Crippen LogP) is 2.86. The summed E-state index contributed by atoms with van der Waals surface area (Å²) in [5.74, 6) is 6.65. The SMILES string of the molecule is CNC(=O)C1(C)[C@H](C)[C@H]2C(n3cnc4c(N[C@@H]5CC5c5ccccc5)nc(C#Cc5ccccc5)nc43)[C@@]2(O)[C@@H]1O. The monoisotopic (exact) mass is 548 g/mol. The molecule has 9 nitrogen and oxygen atoms in total. The van der Waals surface area contributed by atoms with Crippen LogP contribution in [0, 0.1) is 29.1 Å². The third-order valence-corrected chi connectivity index (χ3v) is 9.60. The molecule has 4 N–H and O–H groups in total. The van der Waals surface area contributed by atoms with Crippen LogP contribution in [0.25, 0.3) is 11.2 Å². The van der Waals surface area contributed by atoms with Crippen LogP contribution < -0.4 is 10.6 Å². The van der Waals surface area contributed by atoms with Crippen molar-refractivity contribution in [3.8, 4) is 11.8 Å². The highest BCUT2D eigenvalue weighted by atomic mass is 16.4. The molecular formula is C32H32N6O3. The van der Waals surface area contributed by atoms with Gasteiger partial charge in [0.2, 0.25) is 11.7 Å². The molecule has 0 spiro atoms. The average Bonchev–Trinajstić information content (AvgIpc) is 3.84. The number of rotatable bonds is 5. The minimum absolute atomic E-state index is 0.204. The normalized spacial score (nSPS) is 33.0. The van der Waals surface area contributed by atoms with E-state index in [0.29, 0.717) is 28.7 Å². The highest BCUT2D eigenvalue weighted by molar-refractivity contribution is 5.86. The van der Waals surface area contributed by atoms with Crippen molar-refractivity contribution in [1.82, 2.24) is 24.8 Å². The van der Waals surface area contributed by atoms with Gasteiger partial charge in [0.1, 0.15) is 5.60 Å². The first kappa shape index (κ1) is 25.7. The summed E-state index contributed by atoms with van der Waals surface area (Å²) >= 11 is 0. The summed E-state index contributed by atoms with van der Waals surface area (Å²) in [6, 6.07) is 19.8. The minimum Gasteiger partial charge on any atom is -0.389 e. The number of aliphatic hydroxyl groups excluding tert-OH is 1. The Hall–Kier alpha value is -4.26. The van der Waals surface area contributed by atoms with Crippen LogP contribution in [0.5, 0.6) is 0 Å². The highest BCUT2D eigenvalue weighted by Gasteiger charge is 2.82. The lowest BCUT2D eigenvalue weighted by molar-refractivity contribution is -0.144. The van der Waals surface area contributed by atoms with Crippen LogP contribution in [-0.4, -0.2) is 60.4 Å². The summed E-state index contributed by atoms with van der Waals surface area (Å²) in [6.07, 6.45) is 1.39. The van der Waals surface area contributed by atoms with E-state index in [-0.39, 0.29) is 23.8 Å². The maximum atomic E-state index is 12.7. The van der Waals surface area contributed by atoms with Gasteiger partial charge >= 0.3 is 0 Å². The van der Waals surface area contributed by atoms with Crippen LogP contribution in [0.4, 0.5) is 5.82 Å². The largest absolute Gasteiger partial charge is 0.389 e. The Morgan fingerprint density at radius 1 is 1.07 bits per heavy atom. The number of imidazole rings is 1. The first-order chi connectivity index (χ1) is 19.8. The minimum atomic E-state index is -1.47. The molecule has 4 aromatic rings. The van der Waals surface area contributed by atoms with Crippen LogP contribution >= 0.6 is 0 Å². The van der Waals surface area contributed by atoms with Crippen LogP contribution in [0.15, 0.2) is 67.0 Å². The molecule has 3 unspecified atom stereocenters. The molecule has 3 aliphatic rings. The van der Waals surface area contributed by atoms with E-state index >= 15 is 0 Å². The molecule has 0 radical (unpaired) electrons. The Morgan fingerprint density at radius 3 is 2.44 bits per heavy atom. The quantitative estimate of drug-likeness (QED) is 0.283. The van der Waals surface area contributed by atoms with Gasteiger partial charge in [-0.15, -0.1) is 0 Å². The highest BCUT2D eigenvalue weighted by Crippen LogP contribution is 2.72. The fourth-order valence-electron chi connectivity index (χ4n) is 7.04. The fourth-order valence-corrected chi connectivity index (χ4v) is 7.04. The van der Waals surface area contributed by atoms with Crippen molar-refractivity contribution < 1.29 is 15.0 Å². The zero-order valence-corrected chi connectivity index (χ0v) is 23.1. The first-order valence-corrected chi connectivity index (χ1v) is 14.0. The van der Waals surface area contributed by atoms with Crippen molar-refractivity contribution in [3.63, 3.8) is 0 Å². The van der Waals surface area contributed by atoms with Crippen molar-refractivity contribution >= 4 is 22.9 Å². The molecular weight excluding hydrogens is 516 g/mol. The van der Waals surface area contributed by atoms with Gasteiger partial charge in [0.05, 0.1) is 23.9 Å². The molecule has 3 saturated carbocycles. The summed E-state index contributed by atoms with van der Waals surface area (Å²) in [5, 5.41) is 29.2. The van der Waals surface area contributed by atoms with Gasteiger partial charge in [0, 0.05) is 30.5 Å². The van der Waals surface area contributed by atoms with Crippen LogP contribution in [-0.2, 0) is 4.79 Å². The topological polar surface area (TPSA) is 125 Å². The first-order valence-electron chi connectivity index (χ1n) is 14.0. The van der Waals surface area contributed by atoms with Crippen molar-refractivity contribution in [1.29, 1.82) is 0 Å². The molecule has 2 aromatic carbocycles. The van der Waals surface area contributed by atoms with Crippen LogP contribution in [0.3, 0.4) is 0 Å². The Morgan fingerprint density at radius 2 is 1.78 bits per heavy atom. The Kier molecular flexibility index (Phi) is 5.72. The number of nitrogens with one attached hydrogen (secondary N) is 2. The molecule has 0 saturated heterocycles. The summed E-state index contributed by atoms with van der Waals surface area (Å²) in [5.41, 5.74) is 0.664. The number of carbonyl (C=O) groups is 1. The van der Waals surface area contributed by atoms with Gasteiger partial charge in [-0.25, -0.2) is 15.0 Å². The summed E-state index contributed by atoms with van der Waals surface area (Å²) in [4.78, 5) is 26.9. The lowest BCUT2D eigenvalue weighted by Crippen LogP contribution is -2.51. The molecule has 0 aliphatic heterocycles. The fraction of sp³-hybridized carbons (Fsp3) is 0.375. The number of carbonyl (C=O) groups excluding carboxylic acids is 1. The van der Waals surface area contributed by atoms with E-state index in [1.165, 1.54) is 5.56 Å². The lowest BCUT2D eigenvalue weighted by atomic mass is 9.73. The molecule has 9 heteroatoms. The van der Waals surface area contributed by atoms with Gasteiger partial charge in [-0.05, 0) is 42.9 Å². The molecule has 0 bridgehead atoms. The van der Waals surface area contributed by atoms with E-state index in [2.05, 4.69) is 39.6 Å². The third-order valence-electron chi connectivity index (χ3n) is 9.60. The maximum Gasteiger partial charge on any atom is 0.228 e. The van der Waals surface area contributed by atoms with Crippen LogP contribution in [0.1, 0.15) is 49.2 Å². The zero-order chi connectivity index (χ0) is 28.5. The number of nitrogens with zero attached hydrogens (tertiary/aromatic N) is 4. The predicted molar refractivity (Wildman–Crippen MR) is 154 cm³/mol. The molecule has 1 amide bonds. The Labute approximate surface area is 238 Å². The average molecular weight is 549 g/mol. The van der Waals surface area contributed by atoms with Crippen LogP contribution in [0.2, 0.25) is 0 Å². The van der Waals surface area contributed by atoms with Gasteiger partial charge < -0.3 is 25.4 Å².